The lowest BCUT2D eigenvalue weighted by Gasteiger charge is -2.17. The molecule has 1 heterocycles. The van der Waals surface area contributed by atoms with Crippen LogP contribution in [0.2, 0.25) is 0 Å². The molecule has 1 aliphatic rings. The van der Waals surface area contributed by atoms with Gasteiger partial charge in [0.05, 0.1) is 12.3 Å². The molecule has 0 atom stereocenters. The molecule has 1 amide bonds. The van der Waals surface area contributed by atoms with E-state index in [1.165, 1.54) is 0 Å². The fourth-order valence-electron chi connectivity index (χ4n) is 2.91. The zero-order valence-electron chi connectivity index (χ0n) is 15.3. The molecule has 0 saturated carbocycles. The smallest absolute Gasteiger partial charge is 0.281 e. The summed E-state index contributed by atoms with van der Waals surface area (Å²) in [6, 6.07) is 13.6. The van der Waals surface area contributed by atoms with E-state index in [0.717, 1.165) is 39.9 Å². The second kappa shape index (κ2) is 8.67. The van der Waals surface area contributed by atoms with Crippen molar-refractivity contribution >= 4 is 50.9 Å². The molecular weight excluding hydrogens is 424 g/mol. The van der Waals surface area contributed by atoms with E-state index in [4.69, 9.17) is 17.0 Å². The Morgan fingerprint density at radius 2 is 2.00 bits per heavy atom. The minimum absolute atomic E-state index is 0.165. The number of nitrogens with one attached hydrogen (secondary N) is 1. The summed E-state index contributed by atoms with van der Waals surface area (Å²) in [4.78, 5) is 14.6. The number of benzene rings is 2. The largest absolute Gasteiger partial charge is 0.493 e. The van der Waals surface area contributed by atoms with Crippen molar-refractivity contribution in [1.29, 1.82) is 0 Å². The molecule has 1 fully saturated rings. The number of halogens is 1. The van der Waals surface area contributed by atoms with E-state index in [2.05, 4.69) is 35.1 Å². The molecule has 2 aromatic rings. The van der Waals surface area contributed by atoms with Gasteiger partial charge in [0, 0.05) is 10.0 Å². The summed E-state index contributed by atoms with van der Waals surface area (Å²) in [6.45, 7) is 4.74. The monoisotopic (exact) mass is 444 g/mol. The molecule has 0 spiro atoms. The molecule has 0 radical (unpaired) electrons. The van der Waals surface area contributed by atoms with Gasteiger partial charge in [0.15, 0.2) is 5.11 Å². The van der Waals surface area contributed by atoms with E-state index in [1.807, 2.05) is 42.5 Å². The number of carbonyl (C=O) groups is 1. The van der Waals surface area contributed by atoms with Crippen molar-refractivity contribution < 1.29 is 9.53 Å². The van der Waals surface area contributed by atoms with Crippen molar-refractivity contribution in [2.24, 2.45) is 0 Å². The average Bonchev–Trinajstić information content (AvgIpc) is 2.94. The number of anilines is 1. The number of aryl methyl sites for hydroxylation is 1. The van der Waals surface area contributed by atoms with Crippen LogP contribution in [0.25, 0.3) is 6.08 Å². The molecule has 6 heteroatoms. The van der Waals surface area contributed by atoms with Crippen LogP contribution in [0.4, 0.5) is 5.69 Å². The molecule has 27 heavy (non-hydrogen) atoms. The van der Waals surface area contributed by atoms with Gasteiger partial charge in [-0.05, 0) is 61.0 Å². The Morgan fingerprint density at radius 3 is 2.74 bits per heavy atom. The highest BCUT2D eigenvalue weighted by Crippen LogP contribution is 2.29. The van der Waals surface area contributed by atoms with Crippen molar-refractivity contribution in [1.82, 2.24) is 5.32 Å². The van der Waals surface area contributed by atoms with Crippen LogP contribution in [0.15, 0.2) is 52.6 Å². The third-order valence-corrected chi connectivity index (χ3v) is 5.00. The van der Waals surface area contributed by atoms with Crippen LogP contribution >= 0.6 is 28.1 Å². The Hall–Kier alpha value is -2.18. The minimum atomic E-state index is -0.165. The van der Waals surface area contributed by atoms with Gasteiger partial charge in [0.1, 0.15) is 11.4 Å². The zero-order valence-corrected chi connectivity index (χ0v) is 17.7. The maximum absolute atomic E-state index is 13.1. The van der Waals surface area contributed by atoms with Crippen LogP contribution in [0.3, 0.4) is 0 Å². The van der Waals surface area contributed by atoms with E-state index < -0.39 is 0 Å². The second-order valence-electron chi connectivity index (χ2n) is 6.14. The van der Waals surface area contributed by atoms with E-state index >= 15 is 0 Å². The van der Waals surface area contributed by atoms with E-state index in [9.17, 15) is 4.79 Å². The predicted octanol–water partition coefficient (Wildman–Crippen LogP) is 5.06. The Balaban J connectivity index is 1.97. The molecule has 1 N–H and O–H groups in total. The lowest BCUT2D eigenvalue weighted by Crippen LogP contribution is -2.31. The number of hydrogen-bond acceptors (Lipinski definition) is 3. The summed E-state index contributed by atoms with van der Waals surface area (Å²) in [6.07, 6.45) is 3.52. The molecule has 0 aliphatic carbocycles. The van der Waals surface area contributed by atoms with E-state index in [1.54, 1.807) is 11.0 Å². The maximum Gasteiger partial charge on any atom is 0.281 e. The highest BCUT2D eigenvalue weighted by atomic mass is 79.9. The zero-order chi connectivity index (χ0) is 19.4. The van der Waals surface area contributed by atoms with Gasteiger partial charge in [0.2, 0.25) is 0 Å². The number of nitrogens with zero attached hydrogens (tertiary/aromatic N) is 1. The second-order valence-corrected chi connectivity index (χ2v) is 7.44. The van der Waals surface area contributed by atoms with Crippen molar-refractivity contribution in [3.8, 4) is 5.75 Å². The number of thiocarbonyl (C=S) groups is 1. The Morgan fingerprint density at radius 1 is 1.22 bits per heavy atom. The van der Waals surface area contributed by atoms with Crippen LogP contribution in [-0.4, -0.2) is 17.6 Å². The van der Waals surface area contributed by atoms with Crippen molar-refractivity contribution in [2.45, 2.75) is 26.7 Å². The Labute approximate surface area is 173 Å². The van der Waals surface area contributed by atoms with Crippen molar-refractivity contribution in [2.75, 3.05) is 11.5 Å². The normalized spacial score (nSPS) is 15.4. The van der Waals surface area contributed by atoms with Gasteiger partial charge in [-0.25, -0.2) is 0 Å². The third-order valence-electron chi connectivity index (χ3n) is 4.22. The van der Waals surface area contributed by atoms with Crippen LogP contribution in [0.1, 0.15) is 31.4 Å². The Bertz CT molecular complexity index is 911. The van der Waals surface area contributed by atoms with Crippen molar-refractivity contribution in [3.63, 3.8) is 0 Å². The Kier molecular flexibility index (Phi) is 6.29. The minimum Gasteiger partial charge on any atom is -0.493 e. The standard InChI is InChI=1S/C21H21BrN2O2S/c1-3-11-26-19-10-9-16(22)12-15(19)13-17-20(25)24(21(27)23-17)18-8-6-5-7-14(18)4-2/h5-10,12-13H,3-4,11H2,1-2H3,(H,23,27)/b17-13+. The number of carbonyl (C=O) groups excluding carboxylic acids is 1. The SMILES string of the molecule is CCCOc1ccc(Br)cc1/C=C1/NC(=S)N(c2ccccc2CC)C1=O. The van der Waals surface area contributed by atoms with Crippen molar-refractivity contribution in [3.05, 3.63) is 63.8 Å². The molecule has 1 aliphatic heterocycles. The fraction of sp³-hybridized carbons (Fsp3) is 0.238. The molecule has 0 unspecified atom stereocenters. The summed E-state index contributed by atoms with van der Waals surface area (Å²) in [5, 5.41) is 3.44. The van der Waals surface area contributed by atoms with Gasteiger partial charge in [0.25, 0.3) is 5.91 Å². The molecule has 2 aromatic carbocycles. The van der Waals surface area contributed by atoms with Crippen LogP contribution in [0.5, 0.6) is 5.75 Å². The molecule has 4 nitrogen and oxygen atoms in total. The first-order valence-electron chi connectivity index (χ1n) is 8.92. The quantitative estimate of drug-likeness (QED) is 0.499. The average molecular weight is 445 g/mol. The first-order valence-corrected chi connectivity index (χ1v) is 10.1. The predicted molar refractivity (Wildman–Crippen MR) is 117 cm³/mol. The van der Waals surface area contributed by atoms with Gasteiger partial charge in [-0.3, -0.25) is 9.69 Å². The molecule has 1 saturated heterocycles. The molecule has 0 bridgehead atoms. The van der Waals surface area contributed by atoms with Gasteiger partial charge in [-0.15, -0.1) is 0 Å². The highest BCUT2D eigenvalue weighted by molar-refractivity contribution is 9.10. The summed E-state index contributed by atoms with van der Waals surface area (Å²) in [5.41, 5.74) is 3.15. The number of rotatable bonds is 6. The fourth-order valence-corrected chi connectivity index (χ4v) is 3.58. The van der Waals surface area contributed by atoms with E-state index in [0.29, 0.717) is 17.4 Å². The molecule has 140 valence electrons. The number of amides is 1. The summed E-state index contributed by atoms with van der Waals surface area (Å²) >= 11 is 8.92. The summed E-state index contributed by atoms with van der Waals surface area (Å²) in [5.74, 6) is 0.572. The molecule has 0 aromatic heterocycles. The molecule has 3 rings (SSSR count). The van der Waals surface area contributed by atoms with Crippen LogP contribution in [0, 0.1) is 0 Å². The third kappa shape index (κ3) is 4.22. The molecular formula is C21H21BrN2O2S. The van der Waals surface area contributed by atoms with E-state index in [-0.39, 0.29) is 5.91 Å². The lowest BCUT2D eigenvalue weighted by molar-refractivity contribution is -0.113. The lowest BCUT2D eigenvalue weighted by atomic mass is 10.1. The number of hydrogen-bond donors (Lipinski definition) is 1. The maximum atomic E-state index is 13.1. The summed E-state index contributed by atoms with van der Waals surface area (Å²) < 4.78 is 6.73. The summed E-state index contributed by atoms with van der Waals surface area (Å²) in [7, 11) is 0. The number of para-hydroxylation sites is 1. The van der Waals surface area contributed by atoms with Crippen LogP contribution in [-0.2, 0) is 11.2 Å². The first kappa shape index (κ1) is 19.6. The highest BCUT2D eigenvalue weighted by Gasteiger charge is 2.33. The van der Waals surface area contributed by atoms with Gasteiger partial charge in [-0.1, -0.05) is 48.0 Å². The van der Waals surface area contributed by atoms with Gasteiger partial charge < -0.3 is 10.1 Å². The topological polar surface area (TPSA) is 41.6 Å². The van der Waals surface area contributed by atoms with Gasteiger partial charge >= 0.3 is 0 Å². The van der Waals surface area contributed by atoms with Crippen LogP contribution < -0.4 is 15.0 Å². The number of ether oxygens (including phenoxy) is 1. The van der Waals surface area contributed by atoms with Gasteiger partial charge in [-0.2, -0.15) is 0 Å². The first-order chi connectivity index (χ1) is 13.0.